The zero-order valence-electron chi connectivity index (χ0n) is 21.0. The number of aromatic nitrogens is 4. The fourth-order valence-corrected chi connectivity index (χ4v) is 4.06. The number of hydrogen-bond donors (Lipinski definition) is 3. The Morgan fingerprint density at radius 3 is 2.54 bits per heavy atom. The lowest BCUT2D eigenvalue weighted by Crippen LogP contribution is -2.31. The van der Waals surface area contributed by atoms with Gasteiger partial charge >= 0.3 is 0 Å². The Kier molecular flexibility index (Phi) is 7.81. The number of carbonyl (C=O) groups excluding carboxylic acids is 1. The van der Waals surface area contributed by atoms with Gasteiger partial charge in [-0.25, -0.2) is 9.97 Å². The normalized spacial score (nSPS) is 11.6. The molecule has 2 heterocycles. The fourth-order valence-electron chi connectivity index (χ4n) is 3.86. The molecule has 5 aromatic rings. The van der Waals surface area contributed by atoms with Crippen LogP contribution < -0.4 is 15.4 Å². The molecule has 196 valence electrons. The van der Waals surface area contributed by atoms with Crippen LogP contribution >= 0.6 is 11.6 Å². The summed E-state index contributed by atoms with van der Waals surface area (Å²) in [7, 11) is 0. The molecule has 2 aromatic heterocycles. The number of anilines is 2. The first-order valence-corrected chi connectivity index (χ1v) is 12.5. The molecule has 9 nitrogen and oxygen atoms in total. The van der Waals surface area contributed by atoms with Crippen LogP contribution in [-0.2, 0) is 0 Å². The van der Waals surface area contributed by atoms with E-state index >= 15 is 0 Å². The Morgan fingerprint density at radius 2 is 1.79 bits per heavy atom. The second kappa shape index (κ2) is 11.8. The smallest absolute Gasteiger partial charge is 0.272 e. The summed E-state index contributed by atoms with van der Waals surface area (Å²) in [5.74, 6) is 1.98. The molecule has 39 heavy (non-hydrogen) atoms. The fraction of sp³-hybridized carbons (Fsp3) is 0.103. The van der Waals surface area contributed by atoms with E-state index in [0.29, 0.717) is 28.1 Å². The number of aliphatic hydroxyl groups is 1. The molecule has 0 saturated heterocycles. The lowest BCUT2D eigenvalue weighted by Gasteiger charge is -2.16. The maximum atomic E-state index is 12.9. The molecule has 0 unspecified atom stereocenters. The summed E-state index contributed by atoms with van der Waals surface area (Å²) in [5, 5.41) is 16.3. The number of ether oxygens (including phenoxy) is 1. The zero-order chi connectivity index (χ0) is 27.2. The summed E-state index contributed by atoms with van der Waals surface area (Å²) < 4.78 is 7.49. The number of aryl methyl sites for hydroxylation is 1. The van der Waals surface area contributed by atoms with E-state index in [4.69, 9.17) is 16.3 Å². The second-order valence-corrected chi connectivity index (χ2v) is 9.13. The third-order valence-corrected chi connectivity index (χ3v) is 6.07. The average Bonchev–Trinajstić information content (AvgIpc) is 3.45. The van der Waals surface area contributed by atoms with Crippen LogP contribution in [0, 0.1) is 6.92 Å². The maximum Gasteiger partial charge on any atom is 0.272 e. The van der Waals surface area contributed by atoms with Crippen LogP contribution in [0.15, 0.2) is 97.6 Å². The minimum absolute atomic E-state index is 0.178. The molecule has 0 radical (unpaired) electrons. The molecule has 5 rings (SSSR count). The molecule has 0 fully saturated rings. The molecular formula is C29H25ClN6O3. The van der Waals surface area contributed by atoms with Crippen LogP contribution in [0.5, 0.6) is 11.5 Å². The highest BCUT2D eigenvalue weighted by Gasteiger charge is 2.18. The quantitative estimate of drug-likeness (QED) is 0.222. The standard InChI is InChI=1S/C29H25ClN6O3/c1-19-15-31-29(33-22-10-12-24(13-11-22)39-23-8-3-2-4-9-23)35-27(19)36-16-25(32-18-36)28(38)34-26(17-37)20-6-5-7-21(30)14-20/h2-16,18,26,37H,17H2,1H3,(H,34,38)(H,31,33,35)/t26-/m1/s1. The third kappa shape index (κ3) is 6.40. The van der Waals surface area contributed by atoms with Crippen molar-refractivity contribution >= 4 is 29.1 Å². The van der Waals surface area contributed by atoms with E-state index in [9.17, 15) is 9.90 Å². The van der Waals surface area contributed by atoms with E-state index in [0.717, 1.165) is 17.0 Å². The number of nitrogens with one attached hydrogen (secondary N) is 2. The first-order valence-electron chi connectivity index (χ1n) is 12.1. The minimum atomic E-state index is -0.623. The van der Waals surface area contributed by atoms with E-state index in [1.54, 1.807) is 41.2 Å². The number of hydrogen-bond acceptors (Lipinski definition) is 7. The van der Waals surface area contributed by atoms with Gasteiger partial charge < -0.3 is 20.5 Å². The predicted octanol–water partition coefficient (Wildman–Crippen LogP) is 5.62. The third-order valence-electron chi connectivity index (χ3n) is 5.83. The van der Waals surface area contributed by atoms with E-state index in [2.05, 4.69) is 25.6 Å². The Bertz CT molecular complexity index is 1570. The SMILES string of the molecule is Cc1cnc(Nc2ccc(Oc3ccccc3)cc2)nc1-n1cnc(C(=O)N[C@H](CO)c2cccc(Cl)c2)c1. The summed E-state index contributed by atoms with van der Waals surface area (Å²) in [6.07, 6.45) is 4.78. The zero-order valence-corrected chi connectivity index (χ0v) is 21.7. The van der Waals surface area contributed by atoms with Crippen molar-refractivity contribution in [3.63, 3.8) is 0 Å². The predicted molar refractivity (Wildman–Crippen MR) is 149 cm³/mol. The van der Waals surface area contributed by atoms with Crippen LogP contribution in [0.25, 0.3) is 5.82 Å². The number of imidazole rings is 1. The number of halogens is 1. The molecule has 3 aromatic carbocycles. The highest BCUT2D eigenvalue weighted by atomic mass is 35.5. The maximum absolute atomic E-state index is 12.9. The summed E-state index contributed by atoms with van der Waals surface area (Å²) in [5.41, 5.74) is 2.45. The van der Waals surface area contributed by atoms with Gasteiger partial charge in [-0.15, -0.1) is 0 Å². The molecule has 1 atom stereocenters. The van der Waals surface area contributed by atoms with Gasteiger partial charge in [-0.05, 0) is 61.0 Å². The van der Waals surface area contributed by atoms with E-state index in [1.807, 2.05) is 61.5 Å². The van der Waals surface area contributed by atoms with Gasteiger partial charge in [-0.3, -0.25) is 9.36 Å². The topological polar surface area (TPSA) is 114 Å². The molecule has 10 heteroatoms. The Labute approximate surface area is 230 Å². The number of nitrogens with zero attached hydrogens (tertiary/aromatic N) is 4. The van der Waals surface area contributed by atoms with E-state index in [1.165, 1.54) is 6.33 Å². The van der Waals surface area contributed by atoms with Crippen LogP contribution in [0.1, 0.15) is 27.7 Å². The van der Waals surface area contributed by atoms with E-state index in [-0.39, 0.29) is 12.3 Å². The van der Waals surface area contributed by atoms with Crippen molar-refractivity contribution < 1.29 is 14.6 Å². The summed E-state index contributed by atoms with van der Waals surface area (Å²) in [4.78, 5) is 26.1. The number of carbonyl (C=O) groups is 1. The molecule has 0 spiro atoms. The minimum Gasteiger partial charge on any atom is -0.457 e. The first-order chi connectivity index (χ1) is 19.0. The van der Waals surface area contributed by atoms with E-state index < -0.39 is 11.9 Å². The van der Waals surface area contributed by atoms with Gasteiger partial charge in [0.05, 0.1) is 12.6 Å². The van der Waals surface area contributed by atoms with Crippen molar-refractivity contribution in [1.82, 2.24) is 24.8 Å². The Hall–Kier alpha value is -4.73. The van der Waals surface area contributed by atoms with Crippen molar-refractivity contribution in [3.05, 3.63) is 119 Å². The number of amides is 1. The lowest BCUT2D eigenvalue weighted by molar-refractivity contribution is 0.0911. The average molecular weight is 541 g/mol. The second-order valence-electron chi connectivity index (χ2n) is 8.69. The number of rotatable bonds is 9. The van der Waals surface area contributed by atoms with Crippen LogP contribution in [0.3, 0.4) is 0 Å². The van der Waals surface area contributed by atoms with Gasteiger partial charge in [0, 0.05) is 28.7 Å². The number of para-hydroxylation sites is 1. The van der Waals surface area contributed by atoms with Crippen LogP contribution in [0.4, 0.5) is 11.6 Å². The summed E-state index contributed by atoms with van der Waals surface area (Å²) >= 11 is 6.05. The van der Waals surface area contributed by atoms with Gasteiger partial charge in [-0.2, -0.15) is 4.98 Å². The molecule has 0 aliphatic rings. The van der Waals surface area contributed by atoms with Crippen molar-refractivity contribution in [1.29, 1.82) is 0 Å². The number of aliphatic hydroxyl groups excluding tert-OH is 1. The molecule has 3 N–H and O–H groups in total. The van der Waals surface area contributed by atoms with Gasteiger partial charge in [-0.1, -0.05) is 41.9 Å². The van der Waals surface area contributed by atoms with Gasteiger partial charge in [0.1, 0.15) is 29.3 Å². The molecule has 0 saturated carbocycles. The van der Waals surface area contributed by atoms with Crippen LogP contribution in [0.2, 0.25) is 5.02 Å². The molecule has 0 aliphatic carbocycles. The largest absolute Gasteiger partial charge is 0.457 e. The number of benzene rings is 3. The summed E-state index contributed by atoms with van der Waals surface area (Å²) in [6, 6.07) is 23.4. The van der Waals surface area contributed by atoms with Gasteiger partial charge in [0.25, 0.3) is 5.91 Å². The highest BCUT2D eigenvalue weighted by Crippen LogP contribution is 2.24. The Balaban J connectivity index is 1.28. The summed E-state index contributed by atoms with van der Waals surface area (Å²) in [6.45, 7) is 1.59. The van der Waals surface area contributed by atoms with Crippen molar-refractivity contribution in [2.75, 3.05) is 11.9 Å². The molecule has 0 aliphatic heterocycles. The van der Waals surface area contributed by atoms with Gasteiger partial charge in [0.15, 0.2) is 0 Å². The first kappa shape index (κ1) is 25.9. The van der Waals surface area contributed by atoms with Gasteiger partial charge in [0.2, 0.25) is 5.95 Å². The van der Waals surface area contributed by atoms with Crippen molar-refractivity contribution in [2.45, 2.75) is 13.0 Å². The Morgan fingerprint density at radius 1 is 1.03 bits per heavy atom. The molecule has 0 bridgehead atoms. The highest BCUT2D eigenvalue weighted by molar-refractivity contribution is 6.30. The van der Waals surface area contributed by atoms with Crippen molar-refractivity contribution in [3.8, 4) is 17.3 Å². The molecule has 1 amide bonds. The van der Waals surface area contributed by atoms with Crippen LogP contribution in [-0.4, -0.2) is 37.1 Å². The lowest BCUT2D eigenvalue weighted by atomic mass is 10.1. The monoisotopic (exact) mass is 540 g/mol. The van der Waals surface area contributed by atoms with Crippen molar-refractivity contribution in [2.24, 2.45) is 0 Å². The molecular weight excluding hydrogens is 516 g/mol.